The molecule has 4 N–H and O–H groups in total. The maximum Gasteiger partial charge on any atom is 0.123 e. The molecule has 4 heteroatoms. The number of benzene rings is 9. The van der Waals surface area contributed by atoms with E-state index in [-0.39, 0.29) is 11.5 Å². The Bertz CT molecular complexity index is 2510. The van der Waals surface area contributed by atoms with Gasteiger partial charge in [-0.25, -0.2) is 0 Å². The monoisotopic (exact) mass is 941 g/mol. The Kier molecular flexibility index (Phi) is 32.2. The third kappa shape index (κ3) is 22.4. The molecule has 0 saturated carbocycles. The molecule has 0 radical (unpaired) electrons. The molecule has 4 nitrogen and oxygen atoms in total. The van der Waals surface area contributed by atoms with Gasteiger partial charge in [-0.1, -0.05) is 235 Å². The van der Waals surface area contributed by atoms with Crippen molar-refractivity contribution >= 4 is 32.3 Å². The summed E-state index contributed by atoms with van der Waals surface area (Å²) in [6, 6.07) is 63.2. The summed E-state index contributed by atoms with van der Waals surface area (Å²) >= 11 is 0. The summed E-state index contributed by atoms with van der Waals surface area (Å²) in [5.41, 5.74) is 8.57. The van der Waals surface area contributed by atoms with Crippen molar-refractivity contribution in [2.45, 2.75) is 122 Å². The van der Waals surface area contributed by atoms with Crippen LogP contribution in [0.4, 0.5) is 0 Å². The highest BCUT2D eigenvalue weighted by Gasteiger charge is 1.99. The van der Waals surface area contributed by atoms with Gasteiger partial charge in [0.05, 0.1) is 0 Å². The normalized spacial score (nSPS) is 9.43. The van der Waals surface area contributed by atoms with Crippen LogP contribution in [0.1, 0.15) is 116 Å². The van der Waals surface area contributed by atoms with E-state index >= 15 is 0 Å². The lowest BCUT2D eigenvalue weighted by Gasteiger charge is -1.99. The van der Waals surface area contributed by atoms with Crippen LogP contribution in [0.3, 0.4) is 0 Å². The van der Waals surface area contributed by atoms with Gasteiger partial charge in [0.25, 0.3) is 0 Å². The molecule has 0 aliphatic rings. The maximum atomic E-state index is 9.38. The molecular weight excluding hydrogens is 857 g/mol. The summed E-state index contributed by atoms with van der Waals surface area (Å²) in [6.45, 7) is 25.1. The number of hydrogen-bond donors (Lipinski definition) is 4. The Morgan fingerprint density at radius 1 is 0.243 bits per heavy atom. The lowest BCUT2D eigenvalue weighted by molar-refractivity contribution is 0.474. The van der Waals surface area contributed by atoms with Gasteiger partial charge in [0.15, 0.2) is 0 Å². The van der Waals surface area contributed by atoms with Crippen LogP contribution in [-0.4, -0.2) is 20.4 Å². The quantitative estimate of drug-likeness (QED) is 0.134. The van der Waals surface area contributed by atoms with E-state index in [4.69, 9.17) is 10.2 Å². The molecule has 9 rings (SSSR count). The van der Waals surface area contributed by atoms with E-state index in [0.717, 1.165) is 70.8 Å². The SMILES string of the molecule is CC.CC.CC.CCc1ccc(CC)cc1.CCc1ccc(CC)cc1.CCc1ccc(CC)cc1.Oc1ccc2c(O)cccc2c1.Oc1ccc2ccccc2c1.Oc1cccc2ccccc12. The second-order valence-electron chi connectivity index (χ2n) is 15.3. The highest BCUT2D eigenvalue weighted by atomic mass is 16.3. The molecule has 0 aliphatic carbocycles. The zero-order valence-corrected chi connectivity index (χ0v) is 44.5. The molecule has 0 aromatic heterocycles. The fraction of sp³-hybridized carbons (Fsp3) is 0.273. The molecule has 0 atom stereocenters. The molecule has 0 amide bonds. The van der Waals surface area contributed by atoms with Gasteiger partial charge in [-0.05, 0) is 136 Å². The number of aryl methyl sites for hydroxylation is 6. The minimum atomic E-state index is 0.216. The summed E-state index contributed by atoms with van der Waals surface area (Å²) in [6.07, 6.45) is 6.86. The average molecular weight is 941 g/mol. The molecule has 0 aliphatic heterocycles. The van der Waals surface area contributed by atoms with Crippen LogP contribution in [0.5, 0.6) is 23.0 Å². The first-order valence-corrected chi connectivity index (χ1v) is 25.6. The van der Waals surface area contributed by atoms with Crippen molar-refractivity contribution in [3.8, 4) is 23.0 Å². The zero-order chi connectivity index (χ0) is 52.1. The zero-order valence-electron chi connectivity index (χ0n) is 44.5. The molecular formula is C66H84O4. The van der Waals surface area contributed by atoms with E-state index < -0.39 is 0 Å². The van der Waals surface area contributed by atoms with Gasteiger partial charge in [-0.3, -0.25) is 0 Å². The lowest BCUT2D eigenvalue weighted by atomic mass is 10.1. The standard InChI is InChI=1S/C10H8O2.2C10H8O.3C10H14.3C2H6/c11-8-4-5-9-7(6-8)2-1-3-10(9)12;11-10-7-3-5-8-4-1-2-6-9(8)10;11-10-6-5-8-3-1-2-4-9(8)7-10;3*1-3-9-5-7-10(4-2)8-6-9;3*1-2/h1-6,11-12H;2*1-7,11H;3*5-8H,3-4H2,1-2H3;3*1-2H3. The Hall–Kier alpha value is -7.04. The second kappa shape index (κ2) is 36.9. The molecule has 0 unspecified atom stereocenters. The first-order chi connectivity index (χ1) is 34.1. The topological polar surface area (TPSA) is 80.9 Å². The van der Waals surface area contributed by atoms with Crippen molar-refractivity contribution in [3.63, 3.8) is 0 Å². The van der Waals surface area contributed by atoms with Crippen LogP contribution >= 0.6 is 0 Å². The van der Waals surface area contributed by atoms with Crippen molar-refractivity contribution < 1.29 is 20.4 Å². The number of hydrogen-bond acceptors (Lipinski definition) is 4. The lowest BCUT2D eigenvalue weighted by Crippen LogP contribution is -1.81. The third-order valence-electron chi connectivity index (χ3n) is 10.9. The Morgan fingerprint density at radius 3 is 0.871 bits per heavy atom. The van der Waals surface area contributed by atoms with E-state index in [1.165, 1.54) is 33.4 Å². The predicted molar refractivity (Wildman–Crippen MR) is 308 cm³/mol. The summed E-state index contributed by atoms with van der Waals surface area (Å²) in [5, 5.41) is 42.8. The molecule has 0 saturated heterocycles. The molecule has 9 aromatic rings. The van der Waals surface area contributed by atoms with E-state index in [2.05, 4.69) is 114 Å². The number of rotatable bonds is 6. The molecule has 70 heavy (non-hydrogen) atoms. The Morgan fingerprint density at radius 2 is 0.514 bits per heavy atom. The highest BCUT2D eigenvalue weighted by molar-refractivity contribution is 5.89. The van der Waals surface area contributed by atoms with Crippen molar-refractivity contribution in [2.75, 3.05) is 0 Å². The first-order valence-electron chi connectivity index (χ1n) is 25.6. The number of phenolic OH excluding ortho intramolecular Hbond substituents is 4. The van der Waals surface area contributed by atoms with Crippen LogP contribution in [-0.2, 0) is 38.5 Å². The number of aromatic hydroxyl groups is 4. The van der Waals surface area contributed by atoms with E-state index in [9.17, 15) is 10.2 Å². The summed E-state index contributed by atoms with van der Waals surface area (Å²) in [7, 11) is 0. The van der Waals surface area contributed by atoms with Gasteiger partial charge in [0, 0.05) is 10.8 Å². The van der Waals surface area contributed by atoms with Gasteiger partial charge in [0.2, 0.25) is 0 Å². The largest absolute Gasteiger partial charge is 0.508 e. The van der Waals surface area contributed by atoms with Crippen molar-refractivity contribution in [2.24, 2.45) is 0 Å². The minimum Gasteiger partial charge on any atom is -0.508 e. The van der Waals surface area contributed by atoms with Crippen LogP contribution in [0, 0.1) is 0 Å². The van der Waals surface area contributed by atoms with Gasteiger partial charge >= 0.3 is 0 Å². The van der Waals surface area contributed by atoms with Gasteiger partial charge < -0.3 is 20.4 Å². The van der Waals surface area contributed by atoms with Crippen LogP contribution in [0.2, 0.25) is 0 Å². The number of fused-ring (bicyclic) bond motifs is 3. The van der Waals surface area contributed by atoms with Crippen LogP contribution < -0.4 is 0 Å². The van der Waals surface area contributed by atoms with E-state index in [1.807, 2.05) is 114 Å². The predicted octanol–water partition coefficient (Wildman–Crippen LogP) is 18.9. The summed E-state index contributed by atoms with van der Waals surface area (Å²) in [5.74, 6) is 1.13. The first kappa shape index (κ1) is 61.0. The minimum absolute atomic E-state index is 0.216. The van der Waals surface area contributed by atoms with E-state index in [0.29, 0.717) is 11.5 Å². The maximum absolute atomic E-state index is 9.38. The smallest absolute Gasteiger partial charge is 0.123 e. The second-order valence-corrected chi connectivity index (χ2v) is 15.3. The molecule has 0 bridgehead atoms. The highest BCUT2D eigenvalue weighted by Crippen LogP contribution is 2.27. The van der Waals surface area contributed by atoms with Gasteiger partial charge in [-0.15, -0.1) is 0 Å². The number of phenols is 4. The fourth-order valence-electron chi connectivity index (χ4n) is 6.67. The van der Waals surface area contributed by atoms with Crippen LogP contribution in [0.15, 0.2) is 194 Å². The molecule has 0 spiro atoms. The third-order valence-corrected chi connectivity index (χ3v) is 10.9. The molecule has 0 fully saturated rings. The molecule has 372 valence electrons. The summed E-state index contributed by atoms with van der Waals surface area (Å²) in [4.78, 5) is 0. The summed E-state index contributed by atoms with van der Waals surface area (Å²) < 4.78 is 0. The average Bonchev–Trinajstić information content (AvgIpc) is 3.43. The van der Waals surface area contributed by atoms with Gasteiger partial charge in [-0.2, -0.15) is 0 Å². The van der Waals surface area contributed by atoms with Crippen LogP contribution in [0.25, 0.3) is 32.3 Å². The fourth-order valence-corrected chi connectivity index (χ4v) is 6.67. The Balaban J connectivity index is 0.000000411. The molecule has 0 heterocycles. The molecule has 9 aromatic carbocycles. The van der Waals surface area contributed by atoms with E-state index in [1.54, 1.807) is 48.5 Å². The van der Waals surface area contributed by atoms with Gasteiger partial charge in [0.1, 0.15) is 23.0 Å². The van der Waals surface area contributed by atoms with Crippen molar-refractivity contribution in [3.05, 3.63) is 228 Å². The van der Waals surface area contributed by atoms with Crippen molar-refractivity contribution in [1.29, 1.82) is 0 Å². The van der Waals surface area contributed by atoms with Crippen molar-refractivity contribution in [1.82, 2.24) is 0 Å². The Labute approximate surface area is 423 Å².